The molecule has 0 heterocycles. The SMILES string of the molecule is COc1ccc(CNC(=O)NC(C)C(C)(C)CN(C)C)cc1OC. The van der Waals surface area contributed by atoms with Gasteiger partial charge in [0.2, 0.25) is 0 Å². The number of carbonyl (C=O) groups is 1. The number of ether oxygens (including phenoxy) is 2. The Bertz CT molecular complexity index is 544. The van der Waals surface area contributed by atoms with Crippen molar-refractivity contribution in [3.05, 3.63) is 23.8 Å². The maximum atomic E-state index is 12.1. The predicted octanol–water partition coefficient (Wildman–Crippen LogP) is 2.48. The summed E-state index contributed by atoms with van der Waals surface area (Å²) in [5, 5.41) is 5.90. The number of urea groups is 1. The molecule has 1 atom stereocenters. The standard InChI is InChI=1S/C18H31N3O3/c1-13(18(2,3)12-21(4)5)20-17(22)19-11-14-8-9-15(23-6)16(10-14)24-7/h8-10,13H,11-12H2,1-7H3,(H2,19,20,22). The summed E-state index contributed by atoms with van der Waals surface area (Å²) in [7, 11) is 7.26. The van der Waals surface area contributed by atoms with Crippen molar-refractivity contribution < 1.29 is 14.3 Å². The van der Waals surface area contributed by atoms with E-state index < -0.39 is 0 Å². The average molecular weight is 337 g/mol. The van der Waals surface area contributed by atoms with Crippen molar-refractivity contribution in [2.45, 2.75) is 33.4 Å². The molecular formula is C18H31N3O3. The zero-order valence-electron chi connectivity index (χ0n) is 15.9. The fourth-order valence-corrected chi connectivity index (χ4v) is 2.57. The zero-order chi connectivity index (χ0) is 18.3. The molecule has 24 heavy (non-hydrogen) atoms. The van der Waals surface area contributed by atoms with Crippen molar-refractivity contribution in [3.8, 4) is 11.5 Å². The number of nitrogens with zero attached hydrogens (tertiary/aromatic N) is 1. The van der Waals surface area contributed by atoms with Crippen LogP contribution in [0.25, 0.3) is 0 Å². The van der Waals surface area contributed by atoms with Gasteiger partial charge < -0.3 is 25.0 Å². The van der Waals surface area contributed by atoms with Gasteiger partial charge in [0, 0.05) is 19.1 Å². The Morgan fingerprint density at radius 3 is 2.38 bits per heavy atom. The van der Waals surface area contributed by atoms with Crippen LogP contribution in [0.3, 0.4) is 0 Å². The lowest BCUT2D eigenvalue weighted by Crippen LogP contribution is -2.50. The molecule has 136 valence electrons. The highest BCUT2D eigenvalue weighted by atomic mass is 16.5. The molecule has 0 aromatic heterocycles. The number of hydrogen-bond donors (Lipinski definition) is 2. The largest absolute Gasteiger partial charge is 0.493 e. The van der Waals surface area contributed by atoms with Crippen molar-refractivity contribution in [3.63, 3.8) is 0 Å². The van der Waals surface area contributed by atoms with Gasteiger partial charge in [-0.1, -0.05) is 19.9 Å². The highest BCUT2D eigenvalue weighted by Crippen LogP contribution is 2.27. The fourth-order valence-electron chi connectivity index (χ4n) is 2.57. The minimum Gasteiger partial charge on any atom is -0.493 e. The van der Waals surface area contributed by atoms with Crippen LogP contribution >= 0.6 is 0 Å². The van der Waals surface area contributed by atoms with Gasteiger partial charge in [-0.25, -0.2) is 4.79 Å². The number of carbonyl (C=O) groups excluding carboxylic acids is 1. The first-order chi connectivity index (χ1) is 11.2. The van der Waals surface area contributed by atoms with Crippen molar-refractivity contribution in [1.29, 1.82) is 0 Å². The maximum Gasteiger partial charge on any atom is 0.315 e. The summed E-state index contributed by atoms with van der Waals surface area (Å²) < 4.78 is 10.5. The van der Waals surface area contributed by atoms with Crippen molar-refractivity contribution in [1.82, 2.24) is 15.5 Å². The van der Waals surface area contributed by atoms with Crippen LogP contribution in [-0.2, 0) is 6.54 Å². The summed E-state index contributed by atoms with van der Waals surface area (Å²) in [6.07, 6.45) is 0. The lowest BCUT2D eigenvalue weighted by atomic mass is 9.85. The van der Waals surface area contributed by atoms with E-state index in [1.54, 1.807) is 14.2 Å². The number of rotatable bonds is 8. The number of amides is 2. The van der Waals surface area contributed by atoms with E-state index in [1.807, 2.05) is 39.2 Å². The molecule has 0 bridgehead atoms. The molecule has 6 heteroatoms. The molecular weight excluding hydrogens is 306 g/mol. The van der Waals surface area contributed by atoms with E-state index in [1.165, 1.54) is 0 Å². The number of nitrogens with one attached hydrogen (secondary N) is 2. The predicted molar refractivity (Wildman–Crippen MR) is 96.7 cm³/mol. The van der Waals surface area contributed by atoms with Crippen LogP contribution in [0.1, 0.15) is 26.3 Å². The van der Waals surface area contributed by atoms with Crippen LogP contribution in [-0.4, -0.2) is 51.8 Å². The Balaban J connectivity index is 2.57. The van der Waals surface area contributed by atoms with Crippen LogP contribution in [0.2, 0.25) is 0 Å². The van der Waals surface area contributed by atoms with E-state index in [4.69, 9.17) is 9.47 Å². The third-order valence-electron chi connectivity index (χ3n) is 4.14. The van der Waals surface area contributed by atoms with Crippen LogP contribution in [0.5, 0.6) is 11.5 Å². The highest BCUT2D eigenvalue weighted by molar-refractivity contribution is 5.74. The summed E-state index contributed by atoms with van der Waals surface area (Å²) in [6.45, 7) is 7.63. The molecule has 1 aromatic carbocycles. The van der Waals surface area contributed by atoms with Gasteiger partial charge in [0.25, 0.3) is 0 Å². The molecule has 0 aliphatic carbocycles. The lowest BCUT2D eigenvalue weighted by Gasteiger charge is -2.34. The second-order valence-corrected chi connectivity index (χ2v) is 6.96. The van der Waals surface area contributed by atoms with Gasteiger partial charge >= 0.3 is 6.03 Å². The fraction of sp³-hybridized carbons (Fsp3) is 0.611. The van der Waals surface area contributed by atoms with E-state index in [2.05, 4.69) is 29.4 Å². The van der Waals surface area contributed by atoms with Crippen LogP contribution in [0.4, 0.5) is 4.79 Å². The summed E-state index contributed by atoms with van der Waals surface area (Å²) >= 11 is 0. The molecule has 0 fully saturated rings. The van der Waals surface area contributed by atoms with Crippen LogP contribution in [0.15, 0.2) is 18.2 Å². The maximum absolute atomic E-state index is 12.1. The molecule has 0 aliphatic heterocycles. The Kier molecular flexibility index (Phi) is 7.35. The van der Waals surface area contributed by atoms with Crippen molar-refractivity contribution in [2.75, 3.05) is 34.9 Å². The molecule has 1 aromatic rings. The third kappa shape index (κ3) is 5.92. The molecule has 0 saturated heterocycles. The minimum atomic E-state index is -0.177. The number of benzene rings is 1. The monoisotopic (exact) mass is 337 g/mol. The summed E-state index contributed by atoms with van der Waals surface area (Å²) in [5.74, 6) is 1.32. The quantitative estimate of drug-likeness (QED) is 0.765. The Hall–Kier alpha value is -1.95. The van der Waals surface area contributed by atoms with Gasteiger partial charge in [0.1, 0.15) is 0 Å². The normalized spacial score (nSPS) is 12.7. The Morgan fingerprint density at radius 1 is 1.21 bits per heavy atom. The minimum absolute atomic E-state index is 0.0236. The highest BCUT2D eigenvalue weighted by Gasteiger charge is 2.27. The summed E-state index contributed by atoms with van der Waals surface area (Å²) in [5.41, 5.74) is 0.924. The van der Waals surface area contributed by atoms with Crippen molar-refractivity contribution in [2.24, 2.45) is 5.41 Å². The van der Waals surface area contributed by atoms with Gasteiger partial charge in [-0.15, -0.1) is 0 Å². The van der Waals surface area contributed by atoms with Gasteiger partial charge in [0.15, 0.2) is 11.5 Å². The second-order valence-electron chi connectivity index (χ2n) is 6.96. The van der Waals surface area contributed by atoms with E-state index in [9.17, 15) is 4.79 Å². The van der Waals surface area contributed by atoms with Gasteiger partial charge in [-0.3, -0.25) is 0 Å². The number of hydrogen-bond acceptors (Lipinski definition) is 4. The first-order valence-electron chi connectivity index (χ1n) is 8.09. The molecule has 2 amide bonds. The molecule has 0 aliphatic rings. The van der Waals surface area contributed by atoms with E-state index in [-0.39, 0.29) is 17.5 Å². The van der Waals surface area contributed by atoms with Gasteiger partial charge in [0.05, 0.1) is 14.2 Å². The van der Waals surface area contributed by atoms with E-state index in [0.717, 1.165) is 12.1 Å². The first kappa shape index (κ1) is 20.1. The van der Waals surface area contributed by atoms with Crippen molar-refractivity contribution >= 4 is 6.03 Å². The van der Waals surface area contributed by atoms with Crippen LogP contribution in [0, 0.1) is 5.41 Å². The summed E-state index contributed by atoms with van der Waals surface area (Å²) in [4.78, 5) is 14.3. The molecule has 0 saturated carbocycles. The third-order valence-corrected chi connectivity index (χ3v) is 4.14. The molecule has 2 N–H and O–H groups in total. The Labute approximate surface area is 145 Å². The second kappa shape index (κ2) is 8.78. The van der Waals surface area contributed by atoms with E-state index >= 15 is 0 Å². The lowest BCUT2D eigenvalue weighted by molar-refractivity contribution is 0.179. The molecule has 1 rings (SSSR count). The van der Waals surface area contributed by atoms with Crippen LogP contribution < -0.4 is 20.1 Å². The smallest absolute Gasteiger partial charge is 0.315 e. The summed E-state index contributed by atoms with van der Waals surface area (Å²) in [6, 6.07) is 5.46. The Morgan fingerprint density at radius 2 is 1.83 bits per heavy atom. The van der Waals surface area contributed by atoms with E-state index in [0.29, 0.717) is 18.0 Å². The topological polar surface area (TPSA) is 62.8 Å². The van der Waals surface area contributed by atoms with Gasteiger partial charge in [-0.2, -0.15) is 0 Å². The molecule has 0 spiro atoms. The molecule has 6 nitrogen and oxygen atoms in total. The molecule has 1 unspecified atom stereocenters. The van der Waals surface area contributed by atoms with Gasteiger partial charge in [-0.05, 0) is 44.1 Å². The zero-order valence-corrected chi connectivity index (χ0v) is 15.9. The molecule has 0 radical (unpaired) electrons. The average Bonchev–Trinajstić information content (AvgIpc) is 2.51. The number of methoxy groups -OCH3 is 2. The first-order valence-corrected chi connectivity index (χ1v) is 8.09.